The van der Waals surface area contributed by atoms with Crippen LogP contribution < -0.4 is 14.2 Å². The molecule has 1 N–H and O–H groups in total. The van der Waals surface area contributed by atoms with E-state index < -0.39 is 10.0 Å². The van der Waals surface area contributed by atoms with Crippen molar-refractivity contribution in [3.63, 3.8) is 0 Å². The SMILES string of the molecule is COc1cc(Br)c(S(=O)(=O)NCC2(c3ccccc3)CCC2)cc1OC. The van der Waals surface area contributed by atoms with E-state index in [1.165, 1.54) is 25.8 Å². The van der Waals surface area contributed by atoms with Gasteiger partial charge in [0.2, 0.25) is 10.0 Å². The first-order valence-corrected chi connectivity index (χ1v) is 10.7. The molecule has 0 spiro atoms. The van der Waals surface area contributed by atoms with Crippen molar-refractivity contribution >= 4 is 26.0 Å². The lowest BCUT2D eigenvalue weighted by Crippen LogP contribution is -2.45. The third-order valence-corrected chi connectivity index (χ3v) is 7.38. The minimum Gasteiger partial charge on any atom is -0.493 e. The lowest BCUT2D eigenvalue weighted by Gasteiger charge is -2.42. The molecule has 2 aromatic carbocycles. The van der Waals surface area contributed by atoms with Crippen LogP contribution in [0.4, 0.5) is 0 Å². The summed E-state index contributed by atoms with van der Waals surface area (Å²) in [5, 5.41) is 0. The van der Waals surface area contributed by atoms with Gasteiger partial charge in [-0.25, -0.2) is 13.1 Å². The van der Waals surface area contributed by atoms with E-state index in [0.717, 1.165) is 19.3 Å². The predicted octanol–water partition coefficient (Wildman–Crippen LogP) is 3.87. The first-order chi connectivity index (χ1) is 12.4. The van der Waals surface area contributed by atoms with Crippen molar-refractivity contribution in [1.29, 1.82) is 0 Å². The van der Waals surface area contributed by atoms with Crippen LogP contribution in [0.1, 0.15) is 24.8 Å². The highest BCUT2D eigenvalue weighted by atomic mass is 79.9. The van der Waals surface area contributed by atoms with Gasteiger partial charge >= 0.3 is 0 Å². The summed E-state index contributed by atoms with van der Waals surface area (Å²) >= 11 is 3.33. The standard InChI is InChI=1S/C19H22BrNO4S/c1-24-16-11-15(20)18(12-17(16)25-2)26(22,23)21-13-19(9-6-10-19)14-7-4-3-5-8-14/h3-5,7-8,11-12,21H,6,9-10,13H2,1-2H3. The Labute approximate surface area is 162 Å². The van der Waals surface area contributed by atoms with Crippen molar-refractivity contribution < 1.29 is 17.9 Å². The molecule has 0 atom stereocenters. The largest absolute Gasteiger partial charge is 0.493 e. The molecule has 0 aliphatic heterocycles. The smallest absolute Gasteiger partial charge is 0.241 e. The third-order valence-electron chi connectivity index (χ3n) is 5.02. The second-order valence-electron chi connectivity index (χ2n) is 6.46. The molecular formula is C19H22BrNO4S. The summed E-state index contributed by atoms with van der Waals surface area (Å²) in [6.07, 6.45) is 3.07. The highest BCUT2D eigenvalue weighted by Gasteiger charge is 2.39. The fourth-order valence-electron chi connectivity index (χ4n) is 3.32. The van der Waals surface area contributed by atoms with Crippen molar-refractivity contribution in [2.75, 3.05) is 20.8 Å². The van der Waals surface area contributed by atoms with E-state index in [0.29, 0.717) is 22.5 Å². The quantitative estimate of drug-likeness (QED) is 0.710. The zero-order chi connectivity index (χ0) is 18.8. The number of hydrogen-bond donors (Lipinski definition) is 1. The molecule has 1 saturated carbocycles. The molecule has 1 aliphatic carbocycles. The van der Waals surface area contributed by atoms with E-state index in [1.54, 1.807) is 6.07 Å². The average molecular weight is 440 g/mol. The van der Waals surface area contributed by atoms with Gasteiger partial charge in [-0.2, -0.15) is 0 Å². The summed E-state index contributed by atoms with van der Waals surface area (Å²) in [6.45, 7) is 0.375. The Hall–Kier alpha value is -1.57. The van der Waals surface area contributed by atoms with Crippen LogP contribution in [0.15, 0.2) is 51.8 Å². The van der Waals surface area contributed by atoms with Gasteiger partial charge in [-0.05, 0) is 40.4 Å². The van der Waals surface area contributed by atoms with Crippen LogP contribution in [0.5, 0.6) is 11.5 Å². The number of sulfonamides is 1. The molecule has 3 rings (SSSR count). The maximum Gasteiger partial charge on any atom is 0.241 e. The van der Waals surface area contributed by atoms with Crippen LogP contribution in [0.3, 0.4) is 0 Å². The number of nitrogens with one attached hydrogen (secondary N) is 1. The number of benzene rings is 2. The van der Waals surface area contributed by atoms with E-state index in [-0.39, 0.29) is 10.3 Å². The minimum absolute atomic E-state index is 0.128. The summed E-state index contributed by atoms with van der Waals surface area (Å²) in [6, 6.07) is 13.2. The highest BCUT2D eigenvalue weighted by molar-refractivity contribution is 9.10. The zero-order valence-corrected chi connectivity index (χ0v) is 17.2. The van der Waals surface area contributed by atoms with E-state index in [1.807, 2.05) is 18.2 Å². The Morgan fingerprint density at radius 2 is 1.69 bits per heavy atom. The van der Waals surface area contributed by atoms with E-state index in [9.17, 15) is 8.42 Å². The van der Waals surface area contributed by atoms with Crippen LogP contribution >= 0.6 is 15.9 Å². The van der Waals surface area contributed by atoms with Crippen LogP contribution in [0, 0.1) is 0 Å². The molecule has 1 aliphatic rings. The van der Waals surface area contributed by atoms with Gasteiger partial charge in [0.05, 0.1) is 14.2 Å². The first-order valence-electron chi connectivity index (χ1n) is 8.38. The molecule has 0 saturated heterocycles. The first kappa shape index (κ1) is 19.2. The Bertz CT molecular complexity index is 880. The van der Waals surface area contributed by atoms with Crippen molar-refractivity contribution in [3.8, 4) is 11.5 Å². The predicted molar refractivity (Wildman–Crippen MR) is 104 cm³/mol. The molecule has 0 amide bonds. The second kappa shape index (κ2) is 7.58. The molecule has 1 fully saturated rings. The molecule has 0 unspecified atom stereocenters. The van der Waals surface area contributed by atoms with Gasteiger partial charge in [0.25, 0.3) is 0 Å². The maximum atomic E-state index is 12.9. The third kappa shape index (κ3) is 3.61. The molecule has 140 valence electrons. The molecule has 0 aromatic heterocycles. The van der Waals surface area contributed by atoms with Crippen molar-refractivity contribution in [2.24, 2.45) is 0 Å². The zero-order valence-electron chi connectivity index (χ0n) is 14.8. The molecule has 2 aromatic rings. The molecule has 7 heteroatoms. The van der Waals surface area contributed by atoms with E-state index in [4.69, 9.17) is 9.47 Å². The van der Waals surface area contributed by atoms with Crippen molar-refractivity contribution in [3.05, 3.63) is 52.5 Å². The van der Waals surface area contributed by atoms with Gasteiger partial charge in [-0.1, -0.05) is 36.8 Å². The fraction of sp³-hybridized carbons (Fsp3) is 0.368. The van der Waals surface area contributed by atoms with E-state index >= 15 is 0 Å². The van der Waals surface area contributed by atoms with Crippen molar-refractivity contribution in [1.82, 2.24) is 4.72 Å². The maximum absolute atomic E-state index is 12.9. The Morgan fingerprint density at radius 3 is 2.23 bits per heavy atom. The van der Waals surface area contributed by atoms with Gasteiger partial charge in [0.15, 0.2) is 11.5 Å². The minimum atomic E-state index is -3.70. The average Bonchev–Trinajstić information content (AvgIpc) is 2.61. The van der Waals surface area contributed by atoms with Gasteiger partial charge in [-0.15, -0.1) is 0 Å². The lowest BCUT2D eigenvalue weighted by molar-refractivity contribution is 0.245. The molecule has 0 bridgehead atoms. The molecule has 0 heterocycles. The highest BCUT2D eigenvalue weighted by Crippen LogP contribution is 2.43. The molecule has 26 heavy (non-hydrogen) atoms. The molecular weight excluding hydrogens is 418 g/mol. The number of ether oxygens (including phenoxy) is 2. The fourth-order valence-corrected chi connectivity index (χ4v) is 5.48. The van der Waals surface area contributed by atoms with Crippen LogP contribution in [0.2, 0.25) is 0 Å². The normalized spacial score (nSPS) is 16.0. The number of methoxy groups -OCH3 is 2. The summed E-state index contributed by atoms with van der Waals surface area (Å²) < 4.78 is 39.5. The van der Waals surface area contributed by atoms with Gasteiger partial charge < -0.3 is 9.47 Å². The van der Waals surface area contributed by atoms with Crippen LogP contribution in [-0.2, 0) is 15.4 Å². The van der Waals surface area contributed by atoms with Crippen LogP contribution in [0.25, 0.3) is 0 Å². The monoisotopic (exact) mass is 439 g/mol. The molecule has 5 nitrogen and oxygen atoms in total. The molecule has 0 radical (unpaired) electrons. The number of halogens is 1. The Kier molecular flexibility index (Phi) is 5.60. The summed E-state index contributed by atoms with van der Waals surface area (Å²) in [5.74, 6) is 0.843. The van der Waals surface area contributed by atoms with Gasteiger partial charge in [0, 0.05) is 22.5 Å². The summed E-state index contributed by atoms with van der Waals surface area (Å²) in [7, 11) is -0.707. The second-order valence-corrected chi connectivity index (χ2v) is 9.05. The summed E-state index contributed by atoms with van der Waals surface area (Å²) in [5.41, 5.74) is 1.05. The number of rotatable bonds is 7. The Balaban J connectivity index is 1.86. The van der Waals surface area contributed by atoms with E-state index in [2.05, 4.69) is 32.8 Å². The number of hydrogen-bond acceptors (Lipinski definition) is 4. The van der Waals surface area contributed by atoms with Gasteiger partial charge in [0.1, 0.15) is 4.90 Å². The lowest BCUT2D eigenvalue weighted by atomic mass is 9.64. The topological polar surface area (TPSA) is 64.6 Å². The van der Waals surface area contributed by atoms with Crippen molar-refractivity contribution in [2.45, 2.75) is 29.6 Å². The Morgan fingerprint density at radius 1 is 1.08 bits per heavy atom. The van der Waals surface area contributed by atoms with Gasteiger partial charge in [-0.3, -0.25) is 0 Å². The van der Waals surface area contributed by atoms with Crippen LogP contribution in [-0.4, -0.2) is 29.2 Å². The summed E-state index contributed by atoms with van der Waals surface area (Å²) in [4.78, 5) is 0.137.